The SMILES string of the molecule is CN=C(NCc1ccnc(N(C)C)c1)NCC(C)Oc1ccccc1C.I. The molecule has 7 heteroatoms. The summed E-state index contributed by atoms with van der Waals surface area (Å²) in [5.74, 6) is 2.60. The minimum atomic E-state index is 0. The highest BCUT2D eigenvalue weighted by atomic mass is 127. The molecule has 148 valence electrons. The van der Waals surface area contributed by atoms with Gasteiger partial charge in [-0.15, -0.1) is 24.0 Å². The monoisotopic (exact) mass is 483 g/mol. The van der Waals surface area contributed by atoms with Crippen molar-refractivity contribution in [2.75, 3.05) is 32.6 Å². The van der Waals surface area contributed by atoms with Crippen molar-refractivity contribution in [3.05, 3.63) is 53.7 Å². The van der Waals surface area contributed by atoms with Crippen molar-refractivity contribution in [1.29, 1.82) is 0 Å². The molecule has 0 aliphatic heterocycles. The number of aryl methyl sites for hydroxylation is 1. The van der Waals surface area contributed by atoms with Crippen molar-refractivity contribution in [3.63, 3.8) is 0 Å². The highest BCUT2D eigenvalue weighted by Gasteiger charge is 2.07. The van der Waals surface area contributed by atoms with E-state index in [2.05, 4.69) is 26.7 Å². The molecule has 0 amide bonds. The van der Waals surface area contributed by atoms with Gasteiger partial charge in [-0.25, -0.2) is 4.98 Å². The van der Waals surface area contributed by atoms with E-state index in [0.717, 1.165) is 28.7 Å². The third-order valence-corrected chi connectivity index (χ3v) is 3.93. The summed E-state index contributed by atoms with van der Waals surface area (Å²) in [6.07, 6.45) is 1.84. The molecule has 27 heavy (non-hydrogen) atoms. The van der Waals surface area contributed by atoms with Gasteiger partial charge >= 0.3 is 0 Å². The summed E-state index contributed by atoms with van der Waals surface area (Å²) in [7, 11) is 5.73. The van der Waals surface area contributed by atoms with Crippen LogP contribution < -0.4 is 20.3 Å². The second-order valence-electron chi connectivity index (χ2n) is 6.42. The molecule has 0 saturated carbocycles. The van der Waals surface area contributed by atoms with Crippen molar-refractivity contribution in [2.45, 2.75) is 26.5 Å². The standard InChI is InChI=1S/C20H29N5O.HI/c1-15-8-6-7-9-18(15)26-16(2)13-23-20(21-3)24-14-17-10-11-22-19(12-17)25(4)5;/h6-12,16H,13-14H2,1-5H3,(H2,21,23,24);1H. The van der Waals surface area contributed by atoms with Crippen molar-refractivity contribution in [2.24, 2.45) is 4.99 Å². The van der Waals surface area contributed by atoms with Crippen LogP contribution >= 0.6 is 24.0 Å². The highest BCUT2D eigenvalue weighted by molar-refractivity contribution is 14.0. The molecule has 0 saturated heterocycles. The molecule has 1 aromatic carbocycles. The summed E-state index contributed by atoms with van der Waals surface area (Å²) >= 11 is 0. The van der Waals surface area contributed by atoms with Crippen LogP contribution in [0.2, 0.25) is 0 Å². The molecule has 0 aliphatic rings. The van der Waals surface area contributed by atoms with Crippen LogP contribution in [0.4, 0.5) is 5.82 Å². The summed E-state index contributed by atoms with van der Waals surface area (Å²) in [5.41, 5.74) is 2.28. The minimum Gasteiger partial charge on any atom is -0.489 e. The first-order valence-electron chi connectivity index (χ1n) is 8.78. The van der Waals surface area contributed by atoms with Gasteiger partial charge in [-0.1, -0.05) is 18.2 Å². The average Bonchev–Trinajstić information content (AvgIpc) is 2.64. The van der Waals surface area contributed by atoms with E-state index in [0.29, 0.717) is 13.1 Å². The number of aromatic nitrogens is 1. The van der Waals surface area contributed by atoms with Gasteiger partial charge in [0.15, 0.2) is 5.96 Å². The Bertz CT molecular complexity index is 736. The first-order chi connectivity index (χ1) is 12.5. The molecule has 0 spiro atoms. The number of anilines is 1. The quantitative estimate of drug-likeness (QED) is 0.360. The molecule has 1 unspecified atom stereocenters. The van der Waals surface area contributed by atoms with E-state index in [1.165, 1.54) is 0 Å². The Labute approximate surface area is 179 Å². The van der Waals surface area contributed by atoms with E-state index in [1.54, 1.807) is 7.05 Å². The summed E-state index contributed by atoms with van der Waals surface area (Å²) in [6, 6.07) is 12.1. The fraction of sp³-hybridized carbons (Fsp3) is 0.400. The Kier molecular flexibility index (Phi) is 9.92. The predicted octanol–water partition coefficient (Wildman–Crippen LogP) is 3.21. The number of nitrogens with one attached hydrogen (secondary N) is 2. The van der Waals surface area contributed by atoms with Crippen LogP contribution in [0.15, 0.2) is 47.6 Å². The molecule has 0 fully saturated rings. The van der Waals surface area contributed by atoms with E-state index < -0.39 is 0 Å². The van der Waals surface area contributed by atoms with Crippen molar-refractivity contribution < 1.29 is 4.74 Å². The lowest BCUT2D eigenvalue weighted by molar-refractivity contribution is 0.222. The summed E-state index contributed by atoms with van der Waals surface area (Å²) < 4.78 is 5.99. The smallest absolute Gasteiger partial charge is 0.191 e. The first-order valence-corrected chi connectivity index (χ1v) is 8.78. The van der Waals surface area contributed by atoms with Gasteiger partial charge in [-0.3, -0.25) is 4.99 Å². The fourth-order valence-electron chi connectivity index (χ4n) is 2.41. The van der Waals surface area contributed by atoms with E-state index in [-0.39, 0.29) is 30.1 Å². The lowest BCUT2D eigenvalue weighted by Crippen LogP contribution is -2.41. The molecule has 1 aromatic heterocycles. The Morgan fingerprint density at radius 3 is 2.63 bits per heavy atom. The van der Waals surface area contributed by atoms with E-state index in [1.807, 2.05) is 69.4 Å². The van der Waals surface area contributed by atoms with Crippen LogP contribution in [-0.4, -0.2) is 44.7 Å². The molecule has 0 aliphatic carbocycles. The molecule has 6 nitrogen and oxygen atoms in total. The predicted molar refractivity (Wildman–Crippen MR) is 123 cm³/mol. The van der Waals surface area contributed by atoms with Crippen molar-refractivity contribution in [1.82, 2.24) is 15.6 Å². The number of pyridine rings is 1. The topological polar surface area (TPSA) is 61.8 Å². The van der Waals surface area contributed by atoms with Crippen LogP contribution in [-0.2, 0) is 6.54 Å². The van der Waals surface area contributed by atoms with Gasteiger partial charge in [0.25, 0.3) is 0 Å². The Balaban J connectivity index is 0.00000364. The molecular weight excluding hydrogens is 453 g/mol. The van der Waals surface area contributed by atoms with Gasteiger partial charge in [0.05, 0.1) is 6.54 Å². The largest absolute Gasteiger partial charge is 0.489 e. The first kappa shape index (κ1) is 23.0. The lowest BCUT2D eigenvalue weighted by atomic mass is 10.2. The molecule has 2 rings (SSSR count). The Hall–Kier alpha value is -2.03. The summed E-state index contributed by atoms with van der Waals surface area (Å²) in [4.78, 5) is 10.6. The number of benzene rings is 1. The zero-order valence-corrected chi connectivity index (χ0v) is 19.0. The number of guanidine groups is 1. The molecular formula is C20H30IN5O. The van der Waals surface area contributed by atoms with Crippen LogP contribution in [0.5, 0.6) is 5.75 Å². The van der Waals surface area contributed by atoms with E-state index in [4.69, 9.17) is 4.74 Å². The van der Waals surface area contributed by atoms with Crippen molar-refractivity contribution >= 4 is 35.8 Å². The van der Waals surface area contributed by atoms with Crippen LogP contribution in [0.25, 0.3) is 0 Å². The van der Waals surface area contributed by atoms with Gasteiger partial charge in [0.2, 0.25) is 0 Å². The maximum atomic E-state index is 5.99. The maximum absolute atomic E-state index is 5.99. The molecule has 1 atom stereocenters. The number of hydrogen-bond donors (Lipinski definition) is 2. The number of rotatable bonds is 7. The Morgan fingerprint density at radius 1 is 1.22 bits per heavy atom. The maximum Gasteiger partial charge on any atom is 0.191 e. The minimum absolute atomic E-state index is 0. The lowest BCUT2D eigenvalue weighted by Gasteiger charge is -2.19. The van der Waals surface area contributed by atoms with Gasteiger partial charge in [0.1, 0.15) is 17.7 Å². The van der Waals surface area contributed by atoms with Crippen LogP contribution in [0.3, 0.4) is 0 Å². The molecule has 1 heterocycles. The van der Waals surface area contributed by atoms with E-state index >= 15 is 0 Å². The zero-order valence-electron chi connectivity index (χ0n) is 16.7. The molecule has 0 bridgehead atoms. The van der Waals surface area contributed by atoms with Gasteiger partial charge < -0.3 is 20.3 Å². The summed E-state index contributed by atoms with van der Waals surface area (Å²) in [6.45, 7) is 5.43. The molecule has 2 N–H and O–H groups in total. The van der Waals surface area contributed by atoms with Gasteiger partial charge in [0, 0.05) is 33.9 Å². The molecule has 0 radical (unpaired) electrons. The fourth-order valence-corrected chi connectivity index (χ4v) is 2.41. The number of ether oxygens (including phenoxy) is 1. The number of para-hydroxylation sites is 1. The Morgan fingerprint density at radius 2 is 1.96 bits per heavy atom. The average molecular weight is 483 g/mol. The van der Waals surface area contributed by atoms with E-state index in [9.17, 15) is 0 Å². The highest BCUT2D eigenvalue weighted by Crippen LogP contribution is 2.17. The molecule has 2 aromatic rings. The van der Waals surface area contributed by atoms with Crippen LogP contribution in [0.1, 0.15) is 18.1 Å². The third kappa shape index (κ3) is 7.62. The zero-order chi connectivity index (χ0) is 18.9. The number of nitrogens with zero attached hydrogens (tertiary/aromatic N) is 3. The second-order valence-corrected chi connectivity index (χ2v) is 6.42. The number of aliphatic imine (C=N–C) groups is 1. The van der Waals surface area contributed by atoms with Gasteiger partial charge in [-0.05, 0) is 43.2 Å². The summed E-state index contributed by atoms with van der Waals surface area (Å²) in [5, 5.41) is 6.62. The van der Waals surface area contributed by atoms with Gasteiger partial charge in [-0.2, -0.15) is 0 Å². The normalized spacial score (nSPS) is 12.0. The number of halogens is 1. The third-order valence-electron chi connectivity index (χ3n) is 3.93. The number of hydrogen-bond acceptors (Lipinski definition) is 4. The van der Waals surface area contributed by atoms with Crippen molar-refractivity contribution in [3.8, 4) is 5.75 Å². The van der Waals surface area contributed by atoms with Crippen LogP contribution in [0, 0.1) is 6.92 Å². The second kappa shape index (κ2) is 11.6.